The second kappa shape index (κ2) is 10.0. The molecule has 0 saturated carbocycles. The molecule has 0 radical (unpaired) electrons. The molecule has 0 aliphatic carbocycles. The second-order valence-corrected chi connectivity index (χ2v) is 9.32. The van der Waals surface area contributed by atoms with Crippen molar-refractivity contribution in [1.29, 1.82) is 0 Å². The van der Waals surface area contributed by atoms with Crippen LogP contribution in [0.4, 0.5) is 0 Å². The van der Waals surface area contributed by atoms with Crippen LogP contribution in [0.5, 0.6) is 11.5 Å². The van der Waals surface area contributed by atoms with Gasteiger partial charge >= 0.3 is 5.97 Å². The van der Waals surface area contributed by atoms with Crippen LogP contribution in [0.2, 0.25) is 0 Å². The lowest BCUT2D eigenvalue weighted by Crippen LogP contribution is -2.47. The molecular formula is C22H26N2O7S. The van der Waals surface area contributed by atoms with Crippen LogP contribution in [0.1, 0.15) is 28.8 Å². The highest BCUT2D eigenvalue weighted by molar-refractivity contribution is 7.89. The molecule has 0 bridgehead atoms. The van der Waals surface area contributed by atoms with Crippen LogP contribution in [0.3, 0.4) is 0 Å². The Hall–Kier alpha value is -3.11. The predicted molar refractivity (Wildman–Crippen MR) is 117 cm³/mol. The molecule has 0 aromatic heterocycles. The maximum atomic E-state index is 12.9. The van der Waals surface area contributed by atoms with E-state index in [1.54, 1.807) is 18.2 Å². The first-order valence-electron chi connectivity index (χ1n) is 10.1. The summed E-state index contributed by atoms with van der Waals surface area (Å²) in [7, 11) is -0.874. The zero-order chi connectivity index (χ0) is 23.3. The number of nitrogens with zero attached hydrogens (tertiary/aromatic N) is 1. The van der Waals surface area contributed by atoms with Crippen molar-refractivity contribution >= 4 is 21.9 Å². The number of carboxylic acids is 1. The molecule has 0 unspecified atom stereocenters. The fourth-order valence-corrected chi connectivity index (χ4v) is 5.36. The Balaban J connectivity index is 1.59. The molecule has 2 N–H and O–H groups in total. The Kier molecular flexibility index (Phi) is 7.37. The van der Waals surface area contributed by atoms with Gasteiger partial charge in [-0.3, -0.25) is 4.79 Å². The van der Waals surface area contributed by atoms with Crippen molar-refractivity contribution in [1.82, 2.24) is 9.62 Å². The number of hydrogen-bond donors (Lipinski definition) is 2. The molecule has 0 atom stereocenters. The lowest BCUT2D eigenvalue weighted by Gasteiger charge is -2.32. The fourth-order valence-electron chi connectivity index (χ4n) is 3.70. The van der Waals surface area contributed by atoms with E-state index in [0.29, 0.717) is 24.3 Å². The standard InChI is InChI=1S/C22H26N2O7S/c1-30-18-8-7-15(13-19(18)31-2)14-21(25)23-16-9-11-24(12-10-16)32(28,29)20-6-4-3-5-17(20)22(26)27/h3-8,13,16H,9-12,14H2,1-2H3,(H,23,25)(H,26,27). The van der Waals surface area contributed by atoms with E-state index in [2.05, 4.69) is 5.32 Å². The van der Waals surface area contributed by atoms with Crippen molar-refractivity contribution < 1.29 is 32.6 Å². The van der Waals surface area contributed by atoms with E-state index in [4.69, 9.17) is 9.47 Å². The topological polar surface area (TPSA) is 122 Å². The number of nitrogens with one attached hydrogen (secondary N) is 1. The molecule has 9 nitrogen and oxygen atoms in total. The van der Waals surface area contributed by atoms with E-state index in [-0.39, 0.29) is 41.9 Å². The van der Waals surface area contributed by atoms with Gasteiger partial charge in [-0.25, -0.2) is 13.2 Å². The number of hydrogen-bond acceptors (Lipinski definition) is 6. The lowest BCUT2D eigenvalue weighted by atomic mass is 10.1. The third-order valence-corrected chi connectivity index (χ3v) is 7.32. The van der Waals surface area contributed by atoms with Crippen LogP contribution in [0.25, 0.3) is 0 Å². The van der Waals surface area contributed by atoms with Crippen LogP contribution in [0.15, 0.2) is 47.4 Å². The molecular weight excluding hydrogens is 436 g/mol. The maximum absolute atomic E-state index is 12.9. The van der Waals surface area contributed by atoms with Crippen LogP contribution < -0.4 is 14.8 Å². The summed E-state index contributed by atoms with van der Waals surface area (Å²) in [6.07, 6.45) is 1.03. The minimum atomic E-state index is -3.94. The van der Waals surface area contributed by atoms with Gasteiger partial charge in [0.25, 0.3) is 0 Å². The summed E-state index contributed by atoms with van der Waals surface area (Å²) in [5, 5.41) is 12.3. The summed E-state index contributed by atoms with van der Waals surface area (Å²) in [4.78, 5) is 23.7. The minimum absolute atomic E-state index is 0.158. The summed E-state index contributed by atoms with van der Waals surface area (Å²) in [5.74, 6) is -0.344. The number of rotatable bonds is 8. The highest BCUT2D eigenvalue weighted by Crippen LogP contribution is 2.28. The van der Waals surface area contributed by atoms with Gasteiger partial charge < -0.3 is 19.9 Å². The van der Waals surface area contributed by atoms with Gasteiger partial charge in [-0.2, -0.15) is 4.31 Å². The van der Waals surface area contributed by atoms with E-state index < -0.39 is 16.0 Å². The van der Waals surface area contributed by atoms with Crippen molar-refractivity contribution in [2.24, 2.45) is 0 Å². The molecule has 1 amide bonds. The quantitative estimate of drug-likeness (QED) is 0.614. The van der Waals surface area contributed by atoms with Crippen molar-refractivity contribution in [3.05, 3.63) is 53.6 Å². The molecule has 1 aliphatic rings. The largest absolute Gasteiger partial charge is 0.493 e. The van der Waals surface area contributed by atoms with Crippen LogP contribution in [-0.4, -0.2) is 63.1 Å². The second-order valence-electron chi connectivity index (χ2n) is 7.41. The van der Waals surface area contributed by atoms with E-state index in [0.717, 1.165) is 5.56 Å². The highest BCUT2D eigenvalue weighted by atomic mass is 32.2. The Morgan fingerprint density at radius 1 is 1.06 bits per heavy atom. The maximum Gasteiger partial charge on any atom is 0.337 e. The first-order chi connectivity index (χ1) is 15.3. The van der Waals surface area contributed by atoms with E-state index >= 15 is 0 Å². The summed E-state index contributed by atoms with van der Waals surface area (Å²) in [6, 6.07) is 10.7. The Bertz CT molecular complexity index is 1090. The van der Waals surface area contributed by atoms with E-state index in [1.807, 2.05) is 0 Å². The molecule has 3 rings (SSSR count). The monoisotopic (exact) mass is 462 g/mol. The number of sulfonamides is 1. The number of benzene rings is 2. The minimum Gasteiger partial charge on any atom is -0.493 e. The van der Waals surface area contributed by atoms with Crippen LogP contribution in [-0.2, 0) is 21.2 Å². The number of carbonyl (C=O) groups excluding carboxylic acids is 1. The number of piperidine rings is 1. The Morgan fingerprint density at radius 2 is 1.72 bits per heavy atom. The highest BCUT2D eigenvalue weighted by Gasteiger charge is 2.32. The molecule has 1 saturated heterocycles. The molecule has 172 valence electrons. The third kappa shape index (κ3) is 5.20. The first-order valence-corrected chi connectivity index (χ1v) is 11.5. The smallest absolute Gasteiger partial charge is 0.337 e. The first kappa shape index (κ1) is 23.6. The molecule has 1 heterocycles. The number of carboxylic acid groups (broad SMARTS) is 1. The number of carbonyl (C=O) groups is 2. The zero-order valence-corrected chi connectivity index (χ0v) is 18.7. The van der Waals surface area contributed by atoms with E-state index in [9.17, 15) is 23.1 Å². The molecule has 10 heteroatoms. The van der Waals surface area contributed by atoms with Crippen LogP contribution >= 0.6 is 0 Å². The summed E-state index contributed by atoms with van der Waals surface area (Å²) in [5.41, 5.74) is 0.517. The molecule has 0 spiro atoms. The van der Waals surface area contributed by atoms with Gasteiger partial charge in [-0.1, -0.05) is 18.2 Å². The molecule has 1 aliphatic heterocycles. The van der Waals surface area contributed by atoms with Crippen molar-refractivity contribution in [3.8, 4) is 11.5 Å². The molecule has 2 aromatic rings. The third-order valence-electron chi connectivity index (χ3n) is 5.37. The Labute approximate surface area is 187 Å². The molecule has 1 fully saturated rings. The van der Waals surface area contributed by atoms with Gasteiger partial charge in [0.1, 0.15) is 0 Å². The van der Waals surface area contributed by atoms with Crippen molar-refractivity contribution in [2.75, 3.05) is 27.3 Å². The normalized spacial score (nSPS) is 15.2. The molecule has 32 heavy (non-hydrogen) atoms. The summed E-state index contributed by atoms with van der Waals surface area (Å²) in [6.45, 7) is 0.384. The zero-order valence-electron chi connectivity index (χ0n) is 17.9. The van der Waals surface area contributed by atoms with Crippen molar-refractivity contribution in [2.45, 2.75) is 30.2 Å². The SMILES string of the molecule is COc1ccc(CC(=O)NC2CCN(S(=O)(=O)c3ccccc3C(=O)O)CC2)cc1OC. The van der Waals surface area contributed by atoms with Gasteiger partial charge in [0.05, 0.1) is 31.1 Å². The summed E-state index contributed by atoms with van der Waals surface area (Å²) >= 11 is 0. The number of aromatic carboxylic acids is 1. The van der Waals surface area contributed by atoms with Gasteiger partial charge in [0.15, 0.2) is 11.5 Å². The number of methoxy groups -OCH3 is 2. The summed E-state index contributed by atoms with van der Waals surface area (Å²) < 4.78 is 37.6. The van der Waals surface area contributed by atoms with Gasteiger partial charge in [-0.15, -0.1) is 0 Å². The lowest BCUT2D eigenvalue weighted by molar-refractivity contribution is -0.121. The van der Waals surface area contributed by atoms with E-state index in [1.165, 1.54) is 42.8 Å². The Morgan fingerprint density at radius 3 is 2.34 bits per heavy atom. The number of ether oxygens (including phenoxy) is 2. The predicted octanol–water partition coefficient (Wildman–Crippen LogP) is 1.91. The molecule has 2 aromatic carbocycles. The fraction of sp³-hybridized carbons (Fsp3) is 0.364. The van der Waals surface area contributed by atoms with Crippen LogP contribution in [0, 0.1) is 0 Å². The average molecular weight is 463 g/mol. The number of amides is 1. The van der Waals surface area contributed by atoms with Crippen molar-refractivity contribution in [3.63, 3.8) is 0 Å². The average Bonchev–Trinajstić information content (AvgIpc) is 2.79. The van der Waals surface area contributed by atoms with Gasteiger partial charge in [0.2, 0.25) is 15.9 Å². The van der Waals surface area contributed by atoms with Gasteiger partial charge in [-0.05, 0) is 42.7 Å². The van der Waals surface area contributed by atoms with Gasteiger partial charge in [0, 0.05) is 19.1 Å².